The molecule has 1 rings (SSSR count). The average molecular weight is 252 g/mol. The van der Waals surface area contributed by atoms with Crippen LogP contribution in [0.3, 0.4) is 0 Å². The number of aryl methyl sites for hydroxylation is 2. The molecular weight excluding hydrogens is 224 g/mol. The Hall–Kier alpha value is -1.31. The summed E-state index contributed by atoms with van der Waals surface area (Å²) in [6.45, 7) is 10.4. The first-order chi connectivity index (χ1) is 8.60. The zero-order valence-electron chi connectivity index (χ0n) is 12.5. The van der Waals surface area contributed by atoms with Crippen LogP contribution >= 0.6 is 0 Å². The van der Waals surface area contributed by atoms with E-state index in [2.05, 4.69) is 13.8 Å². The first-order valence-corrected chi connectivity index (χ1v) is 6.87. The summed E-state index contributed by atoms with van der Waals surface area (Å²) in [7, 11) is 0. The van der Waals surface area contributed by atoms with Gasteiger partial charge in [0.1, 0.15) is 0 Å². The van der Waals surface area contributed by atoms with Gasteiger partial charge in [0.25, 0.3) is 0 Å². The van der Waals surface area contributed by atoms with E-state index in [0.29, 0.717) is 6.42 Å². The lowest BCUT2D eigenvalue weighted by atomic mass is 10.1. The Balaban J connectivity index is 0. The zero-order valence-corrected chi connectivity index (χ0v) is 12.5. The molecule has 0 aliphatic rings. The molecule has 2 heteroatoms. The highest BCUT2D eigenvalue weighted by Gasteiger charge is 1.97. The van der Waals surface area contributed by atoms with E-state index >= 15 is 0 Å². The van der Waals surface area contributed by atoms with E-state index < -0.39 is 5.97 Å². The normalized spacial score (nSPS) is 8.50. The van der Waals surface area contributed by atoms with Gasteiger partial charge in [0.2, 0.25) is 0 Å². The lowest BCUT2D eigenvalue weighted by molar-refractivity contribution is -0.136. The van der Waals surface area contributed by atoms with Crippen molar-refractivity contribution in [1.29, 1.82) is 0 Å². The largest absolute Gasteiger partial charge is 0.481 e. The van der Waals surface area contributed by atoms with E-state index in [1.165, 1.54) is 18.4 Å². The number of carbonyl (C=O) groups is 1. The van der Waals surface area contributed by atoms with Crippen LogP contribution in [0.4, 0.5) is 0 Å². The van der Waals surface area contributed by atoms with Crippen LogP contribution in [0, 0.1) is 6.92 Å². The van der Waals surface area contributed by atoms with E-state index in [0.717, 1.165) is 5.56 Å². The van der Waals surface area contributed by atoms with Gasteiger partial charge in [0.05, 0.1) is 0 Å². The van der Waals surface area contributed by atoms with Gasteiger partial charge in [-0.05, 0) is 18.9 Å². The van der Waals surface area contributed by atoms with Crippen LogP contribution in [0.2, 0.25) is 0 Å². The maximum atomic E-state index is 10.2. The predicted molar refractivity (Wildman–Crippen MR) is 79.1 cm³/mol. The molecule has 1 aromatic carbocycles. The summed E-state index contributed by atoms with van der Waals surface area (Å²) in [6, 6.07) is 7.94. The Morgan fingerprint density at radius 2 is 1.50 bits per heavy atom. The minimum atomic E-state index is -0.740. The van der Waals surface area contributed by atoms with Crippen molar-refractivity contribution in [1.82, 2.24) is 0 Å². The van der Waals surface area contributed by atoms with Crippen LogP contribution < -0.4 is 0 Å². The molecule has 104 valence electrons. The molecule has 0 aliphatic heterocycles. The molecule has 1 N–H and O–H groups in total. The molecule has 0 saturated carbocycles. The van der Waals surface area contributed by atoms with Gasteiger partial charge in [0, 0.05) is 6.42 Å². The van der Waals surface area contributed by atoms with Crippen LogP contribution in [0.25, 0.3) is 0 Å². The minimum absolute atomic E-state index is 0.211. The second-order valence-electron chi connectivity index (χ2n) is 3.88. The molecule has 2 nitrogen and oxygen atoms in total. The Morgan fingerprint density at radius 1 is 1.06 bits per heavy atom. The minimum Gasteiger partial charge on any atom is -0.481 e. The number of hydrogen-bond donors (Lipinski definition) is 1. The lowest BCUT2D eigenvalue weighted by Gasteiger charge is -1.98. The highest BCUT2D eigenvalue weighted by molar-refractivity contribution is 5.67. The molecular formula is C16H28O2. The molecule has 18 heavy (non-hydrogen) atoms. The van der Waals surface area contributed by atoms with Crippen molar-refractivity contribution >= 4 is 5.97 Å². The van der Waals surface area contributed by atoms with Crippen LogP contribution in [-0.2, 0) is 11.2 Å². The molecule has 0 atom stereocenters. The van der Waals surface area contributed by atoms with E-state index in [9.17, 15) is 4.79 Å². The Kier molecular flexibility index (Phi) is 14.5. The number of unbranched alkanes of at least 4 members (excludes halogenated alkanes) is 1. The van der Waals surface area contributed by atoms with Crippen LogP contribution in [0.1, 0.15) is 58.1 Å². The third-order valence-corrected chi connectivity index (χ3v) is 2.25. The van der Waals surface area contributed by atoms with Gasteiger partial charge in [0.15, 0.2) is 0 Å². The van der Waals surface area contributed by atoms with E-state index in [1.807, 2.05) is 45.0 Å². The summed E-state index contributed by atoms with van der Waals surface area (Å²) in [5.74, 6) is -0.740. The summed E-state index contributed by atoms with van der Waals surface area (Å²) in [5.41, 5.74) is 2.29. The average Bonchev–Trinajstić information content (AvgIpc) is 2.40. The van der Waals surface area contributed by atoms with Crippen LogP contribution in [0.5, 0.6) is 0 Å². The van der Waals surface area contributed by atoms with Gasteiger partial charge in [-0.1, -0.05) is 70.4 Å². The summed E-state index contributed by atoms with van der Waals surface area (Å²) < 4.78 is 0. The van der Waals surface area contributed by atoms with Gasteiger partial charge in [-0.2, -0.15) is 0 Å². The van der Waals surface area contributed by atoms with Gasteiger partial charge in [-0.15, -0.1) is 0 Å². The highest BCUT2D eigenvalue weighted by Crippen LogP contribution is 2.05. The quantitative estimate of drug-likeness (QED) is 0.832. The third-order valence-electron chi connectivity index (χ3n) is 2.25. The fourth-order valence-electron chi connectivity index (χ4n) is 1.01. The van der Waals surface area contributed by atoms with Crippen molar-refractivity contribution in [2.24, 2.45) is 0 Å². The molecule has 0 heterocycles. The molecule has 0 saturated heterocycles. The van der Waals surface area contributed by atoms with Crippen LogP contribution in [0.15, 0.2) is 24.3 Å². The summed E-state index contributed by atoms with van der Waals surface area (Å²) in [4.78, 5) is 10.2. The maximum absolute atomic E-state index is 10.2. The van der Waals surface area contributed by atoms with E-state index in [1.54, 1.807) is 0 Å². The Labute approximate surface area is 112 Å². The number of aliphatic carboxylic acids is 1. The van der Waals surface area contributed by atoms with Crippen molar-refractivity contribution in [3.63, 3.8) is 0 Å². The first kappa shape index (κ1) is 19.0. The second-order valence-corrected chi connectivity index (χ2v) is 3.88. The summed E-state index contributed by atoms with van der Waals surface area (Å²) in [5, 5.41) is 8.43. The molecule has 0 amide bonds. The fraction of sp³-hybridized carbons (Fsp3) is 0.562. The van der Waals surface area contributed by atoms with Gasteiger partial charge >= 0.3 is 5.97 Å². The smallest absolute Gasteiger partial charge is 0.303 e. The van der Waals surface area contributed by atoms with Crippen LogP contribution in [-0.4, -0.2) is 11.1 Å². The van der Waals surface area contributed by atoms with Crippen molar-refractivity contribution in [3.8, 4) is 0 Å². The van der Waals surface area contributed by atoms with Crippen molar-refractivity contribution in [2.45, 2.75) is 60.3 Å². The molecule has 0 fully saturated rings. The molecule has 0 bridgehead atoms. The van der Waals surface area contributed by atoms with Gasteiger partial charge in [-0.25, -0.2) is 0 Å². The zero-order chi connectivity index (χ0) is 14.4. The molecule has 0 radical (unpaired) electrons. The number of carboxylic acid groups (broad SMARTS) is 1. The molecule has 0 spiro atoms. The molecule has 0 unspecified atom stereocenters. The van der Waals surface area contributed by atoms with E-state index in [4.69, 9.17) is 5.11 Å². The molecule has 0 aliphatic carbocycles. The highest BCUT2D eigenvalue weighted by atomic mass is 16.4. The number of rotatable bonds is 4. The Bertz CT molecular complexity index is 286. The summed E-state index contributed by atoms with van der Waals surface area (Å²) in [6.07, 6.45) is 3.47. The van der Waals surface area contributed by atoms with E-state index in [-0.39, 0.29) is 6.42 Å². The predicted octanol–water partition coefficient (Wildman–Crippen LogP) is 4.84. The number of hydrogen-bond acceptors (Lipinski definition) is 1. The lowest BCUT2D eigenvalue weighted by Crippen LogP contribution is -1.97. The maximum Gasteiger partial charge on any atom is 0.303 e. The van der Waals surface area contributed by atoms with Crippen molar-refractivity contribution in [2.75, 3.05) is 0 Å². The fourth-order valence-corrected chi connectivity index (χ4v) is 1.01. The monoisotopic (exact) mass is 252 g/mol. The van der Waals surface area contributed by atoms with Gasteiger partial charge in [-0.3, -0.25) is 4.79 Å². The topological polar surface area (TPSA) is 37.3 Å². The third kappa shape index (κ3) is 12.8. The molecule has 0 aromatic heterocycles. The Morgan fingerprint density at radius 3 is 1.83 bits per heavy atom. The summed E-state index contributed by atoms with van der Waals surface area (Å²) >= 11 is 0. The first-order valence-electron chi connectivity index (χ1n) is 6.87. The van der Waals surface area contributed by atoms with Crippen molar-refractivity contribution in [3.05, 3.63) is 35.4 Å². The van der Waals surface area contributed by atoms with Gasteiger partial charge < -0.3 is 5.11 Å². The number of benzene rings is 1. The van der Waals surface area contributed by atoms with Crippen molar-refractivity contribution < 1.29 is 9.90 Å². The second kappa shape index (κ2) is 13.8. The SMILES string of the molecule is CC.CCCC.Cc1ccc(CCC(=O)O)cc1. The number of carboxylic acids is 1. The standard InChI is InChI=1S/C10H12O2.C4H10.C2H6/c1-8-2-4-9(5-3-8)6-7-10(11)12;1-3-4-2;1-2/h2-5H,6-7H2,1H3,(H,11,12);3-4H2,1-2H3;1-2H3. The molecule has 1 aromatic rings.